The molecule has 1 saturated heterocycles. The summed E-state index contributed by atoms with van der Waals surface area (Å²) in [6, 6.07) is 5.41. The van der Waals surface area contributed by atoms with Crippen molar-refractivity contribution >= 4 is 41.1 Å². The largest absolute Gasteiger partial charge is 0.338 e. The molecule has 0 aromatic heterocycles. The summed E-state index contributed by atoms with van der Waals surface area (Å²) in [7, 11) is 0. The second-order valence-electron chi connectivity index (χ2n) is 5.39. The number of barbiturate groups is 1. The summed E-state index contributed by atoms with van der Waals surface area (Å²) >= 11 is 1.46. The third-order valence-corrected chi connectivity index (χ3v) is 4.54. The molecule has 0 N–H and O–H groups in total. The molecule has 2 rings (SSSR count). The molecule has 1 aromatic carbocycles. The molecule has 1 aliphatic rings. The average Bonchev–Trinajstić information content (AvgIpc) is 2.54. The minimum atomic E-state index is -1.51. The molecule has 2 unspecified atom stereocenters. The first-order valence-electron chi connectivity index (χ1n) is 7.31. The Hall–Kier alpha value is -2.41. The summed E-state index contributed by atoms with van der Waals surface area (Å²) in [4.78, 5) is 52.4. The Morgan fingerprint density at radius 2 is 1.96 bits per heavy atom. The fraction of sp³-hybridized carbons (Fsp3) is 0.294. The van der Waals surface area contributed by atoms with Crippen LogP contribution in [-0.4, -0.2) is 40.8 Å². The van der Waals surface area contributed by atoms with Crippen molar-refractivity contribution in [1.82, 2.24) is 4.90 Å². The minimum absolute atomic E-state index is 0.330. The zero-order valence-corrected chi connectivity index (χ0v) is 14.5. The van der Waals surface area contributed by atoms with Crippen LogP contribution in [0, 0.1) is 5.92 Å². The molecule has 0 saturated carbocycles. The van der Waals surface area contributed by atoms with Gasteiger partial charge in [-0.15, -0.1) is 18.3 Å². The van der Waals surface area contributed by atoms with Gasteiger partial charge in [0.05, 0.1) is 11.7 Å². The van der Waals surface area contributed by atoms with Gasteiger partial charge in [-0.3, -0.25) is 19.3 Å². The van der Waals surface area contributed by atoms with E-state index >= 15 is 0 Å². The fourth-order valence-corrected chi connectivity index (χ4v) is 2.94. The zero-order chi connectivity index (χ0) is 18.0. The standard InChI is InChI=1S/C17H18N2O4S/c1-5-10(2)18-15(21)14(11(3)20)16(22)19(17(18)23)12-7-6-8-13(9-12)24-4/h5-10,14H,1H2,2-4H3. The molecule has 0 spiro atoms. The SMILES string of the molecule is C=CC(C)N1C(=O)C(C(C)=O)C(=O)N(c2cccc(SC)c2)C1=O. The highest BCUT2D eigenvalue weighted by Crippen LogP contribution is 2.29. The van der Waals surface area contributed by atoms with Crippen LogP contribution in [0.1, 0.15) is 13.8 Å². The van der Waals surface area contributed by atoms with E-state index in [4.69, 9.17) is 0 Å². The molecule has 0 radical (unpaired) electrons. The van der Waals surface area contributed by atoms with Crippen molar-refractivity contribution in [3.63, 3.8) is 0 Å². The number of carbonyl (C=O) groups is 4. The van der Waals surface area contributed by atoms with Crippen LogP contribution in [0.25, 0.3) is 0 Å². The minimum Gasteiger partial charge on any atom is -0.299 e. The zero-order valence-electron chi connectivity index (χ0n) is 13.7. The second-order valence-corrected chi connectivity index (χ2v) is 6.27. The van der Waals surface area contributed by atoms with Gasteiger partial charge in [0, 0.05) is 4.90 Å². The molecule has 1 aliphatic heterocycles. The number of rotatable bonds is 5. The van der Waals surface area contributed by atoms with Crippen LogP contribution < -0.4 is 4.90 Å². The topological polar surface area (TPSA) is 74.8 Å². The van der Waals surface area contributed by atoms with Crippen LogP contribution in [0.2, 0.25) is 0 Å². The number of hydrogen-bond acceptors (Lipinski definition) is 5. The van der Waals surface area contributed by atoms with Crippen LogP contribution in [0.3, 0.4) is 0 Å². The molecule has 6 nitrogen and oxygen atoms in total. The summed E-state index contributed by atoms with van der Waals surface area (Å²) in [5, 5.41) is 0. The van der Waals surface area contributed by atoms with Gasteiger partial charge in [0.1, 0.15) is 0 Å². The molecule has 1 heterocycles. The fourth-order valence-electron chi connectivity index (χ4n) is 2.49. The maximum atomic E-state index is 12.8. The quantitative estimate of drug-likeness (QED) is 0.465. The maximum absolute atomic E-state index is 12.8. The van der Waals surface area contributed by atoms with Gasteiger partial charge in [0.2, 0.25) is 0 Å². The summed E-state index contributed by atoms with van der Waals surface area (Å²) < 4.78 is 0. The number of nitrogens with zero attached hydrogens (tertiary/aromatic N) is 2. The average molecular weight is 346 g/mol. The van der Waals surface area contributed by atoms with Gasteiger partial charge in [0.15, 0.2) is 11.7 Å². The van der Waals surface area contributed by atoms with E-state index in [1.165, 1.54) is 24.8 Å². The monoisotopic (exact) mass is 346 g/mol. The van der Waals surface area contributed by atoms with Crippen molar-refractivity contribution in [2.45, 2.75) is 24.8 Å². The van der Waals surface area contributed by atoms with E-state index in [2.05, 4.69) is 6.58 Å². The first kappa shape index (κ1) is 17.9. The van der Waals surface area contributed by atoms with Gasteiger partial charge in [-0.2, -0.15) is 0 Å². The van der Waals surface area contributed by atoms with Gasteiger partial charge >= 0.3 is 6.03 Å². The predicted molar refractivity (Wildman–Crippen MR) is 91.8 cm³/mol. The number of thioether (sulfide) groups is 1. The lowest BCUT2D eigenvalue weighted by Gasteiger charge is -2.38. The van der Waals surface area contributed by atoms with Gasteiger partial charge in [0.25, 0.3) is 11.8 Å². The smallest absolute Gasteiger partial charge is 0.299 e. The van der Waals surface area contributed by atoms with Gasteiger partial charge in [-0.1, -0.05) is 12.1 Å². The van der Waals surface area contributed by atoms with Crippen molar-refractivity contribution in [3.8, 4) is 0 Å². The number of hydrogen-bond donors (Lipinski definition) is 0. The number of ketones is 1. The van der Waals surface area contributed by atoms with E-state index in [-0.39, 0.29) is 0 Å². The Labute approximate surface area is 144 Å². The van der Waals surface area contributed by atoms with Crippen molar-refractivity contribution in [2.75, 3.05) is 11.2 Å². The maximum Gasteiger partial charge on any atom is 0.338 e. The van der Waals surface area contributed by atoms with Crippen LogP contribution in [0.15, 0.2) is 41.8 Å². The third kappa shape index (κ3) is 2.99. The summed E-state index contributed by atoms with van der Waals surface area (Å²) in [5.41, 5.74) is 0.330. The molecule has 2 atom stereocenters. The van der Waals surface area contributed by atoms with Crippen molar-refractivity contribution in [3.05, 3.63) is 36.9 Å². The van der Waals surface area contributed by atoms with E-state index in [0.717, 1.165) is 14.7 Å². The Morgan fingerprint density at radius 3 is 2.50 bits per heavy atom. The number of imide groups is 2. The van der Waals surface area contributed by atoms with E-state index in [9.17, 15) is 19.2 Å². The summed E-state index contributed by atoms with van der Waals surface area (Å²) in [6.45, 7) is 6.35. The Balaban J connectivity index is 2.57. The number of Topliss-reactive ketones (excluding diaryl/α,β-unsaturated/α-hetero) is 1. The molecule has 0 aliphatic carbocycles. The van der Waals surface area contributed by atoms with Crippen molar-refractivity contribution in [1.29, 1.82) is 0 Å². The summed E-state index contributed by atoms with van der Waals surface area (Å²) in [6.07, 6.45) is 3.28. The number of benzene rings is 1. The van der Waals surface area contributed by atoms with Crippen molar-refractivity contribution in [2.24, 2.45) is 5.92 Å². The predicted octanol–water partition coefficient (Wildman–Crippen LogP) is 2.48. The molecule has 4 amide bonds. The highest BCUT2D eigenvalue weighted by Gasteiger charge is 2.49. The van der Waals surface area contributed by atoms with E-state index < -0.39 is 35.6 Å². The first-order valence-corrected chi connectivity index (χ1v) is 8.54. The lowest BCUT2D eigenvalue weighted by Crippen LogP contribution is -2.63. The molecule has 7 heteroatoms. The highest BCUT2D eigenvalue weighted by atomic mass is 32.2. The molecule has 0 bridgehead atoms. The molecule has 1 fully saturated rings. The number of anilines is 1. The Kier molecular flexibility index (Phi) is 5.23. The van der Waals surface area contributed by atoms with Crippen LogP contribution in [0.4, 0.5) is 10.5 Å². The molecule has 24 heavy (non-hydrogen) atoms. The number of urea groups is 1. The lowest BCUT2D eigenvalue weighted by molar-refractivity contribution is -0.146. The lowest BCUT2D eigenvalue weighted by atomic mass is 9.97. The molecule has 126 valence electrons. The first-order chi connectivity index (χ1) is 11.3. The highest BCUT2D eigenvalue weighted by molar-refractivity contribution is 7.98. The van der Waals surface area contributed by atoms with Crippen molar-refractivity contribution < 1.29 is 19.2 Å². The molecular formula is C17H18N2O4S. The van der Waals surface area contributed by atoms with E-state index in [1.807, 2.05) is 12.3 Å². The van der Waals surface area contributed by atoms with E-state index in [0.29, 0.717) is 5.69 Å². The van der Waals surface area contributed by atoms with Gasteiger partial charge in [-0.25, -0.2) is 9.69 Å². The van der Waals surface area contributed by atoms with Crippen LogP contribution in [0.5, 0.6) is 0 Å². The number of carbonyl (C=O) groups excluding carboxylic acids is 4. The van der Waals surface area contributed by atoms with E-state index in [1.54, 1.807) is 25.1 Å². The van der Waals surface area contributed by atoms with Gasteiger partial charge < -0.3 is 0 Å². The Bertz CT molecular complexity index is 731. The summed E-state index contributed by atoms with van der Waals surface area (Å²) in [5.74, 6) is -3.72. The Morgan fingerprint density at radius 1 is 1.29 bits per heavy atom. The number of amides is 4. The molecule has 1 aromatic rings. The van der Waals surface area contributed by atoms with Gasteiger partial charge in [-0.05, 0) is 38.3 Å². The van der Waals surface area contributed by atoms with Crippen LogP contribution in [-0.2, 0) is 14.4 Å². The second kappa shape index (κ2) is 7.00. The third-order valence-electron chi connectivity index (χ3n) is 3.82. The normalized spacial score (nSPS) is 19.5. The molecular weight excluding hydrogens is 328 g/mol. The van der Waals surface area contributed by atoms with Crippen LogP contribution >= 0.6 is 11.8 Å².